The molecule has 2 saturated heterocycles. The number of nitrogens with one attached hydrogen (secondary N) is 1. The van der Waals surface area contributed by atoms with Crippen molar-refractivity contribution in [1.29, 1.82) is 0 Å². The Morgan fingerprint density at radius 1 is 1.02 bits per heavy atom. The smallest absolute Gasteiger partial charge is 0.331 e. The van der Waals surface area contributed by atoms with Crippen molar-refractivity contribution in [2.75, 3.05) is 20.3 Å². The third kappa shape index (κ3) is 7.93. The van der Waals surface area contributed by atoms with Crippen LogP contribution in [0.2, 0.25) is 0 Å². The molecule has 2 N–H and O–H groups in total. The maximum Gasteiger partial charge on any atom is 0.331 e. The maximum absolute atomic E-state index is 14.1. The number of aromatic hydroxyl groups is 1. The Balaban J connectivity index is 1.20. The summed E-state index contributed by atoms with van der Waals surface area (Å²) in [7, 11) is 1.30. The third-order valence-electron chi connectivity index (χ3n) is 8.57. The highest BCUT2D eigenvalue weighted by Gasteiger charge is 2.56. The van der Waals surface area contributed by atoms with Crippen molar-refractivity contribution in [1.82, 2.24) is 10.2 Å². The molecule has 3 fully saturated rings. The van der Waals surface area contributed by atoms with Crippen LogP contribution < -0.4 is 5.32 Å². The zero-order valence-corrected chi connectivity index (χ0v) is 24.7. The number of carbonyl (C=O) groups is 3. The molecule has 2 aromatic rings. The van der Waals surface area contributed by atoms with Gasteiger partial charge in [-0.1, -0.05) is 61.7 Å². The molecule has 1 saturated carbocycles. The van der Waals surface area contributed by atoms with Gasteiger partial charge in [0.25, 0.3) is 0 Å². The fourth-order valence-electron chi connectivity index (χ4n) is 6.44. The first-order valence-electron chi connectivity index (χ1n) is 15.3. The standard InChI is InChI=1S/C33H42N2O8/c1-40-33(39)30-31-26(42-28(43-31)16-9-17-41-21-22-10-4-2-5-11-22)20-35(30)32(38)29(24-13-6-3-7-14-24)34-27(37)19-23-12-8-15-25(36)18-23/h2,4-5,8,10-12,15,18,24,26,28-31,36H,3,6-7,9,13-14,16-17,19-21H2,1H3,(H,34,37)/t26-,28?,29-,30-,31-/m0/s1. The number of phenols is 1. The number of likely N-dealkylation sites (tertiary alicyclic amines) is 1. The molecule has 5 atom stereocenters. The van der Waals surface area contributed by atoms with Crippen molar-refractivity contribution in [2.24, 2.45) is 5.92 Å². The zero-order chi connectivity index (χ0) is 30.2. The van der Waals surface area contributed by atoms with Gasteiger partial charge in [-0.2, -0.15) is 0 Å². The molecule has 0 bridgehead atoms. The number of esters is 1. The summed E-state index contributed by atoms with van der Waals surface area (Å²) in [5, 5.41) is 12.8. The van der Waals surface area contributed by atoms with E-state index in [9.17, 15) is 19.5 Å². The first kappa shape index (κ1) is 31.0. The van der Waals surface area contributed by atoms with Crippen LogP contribution >= 0.6 is 0 Å². The number of amides is 2. The molecule has 0 spiro atoms. The maximum atomic E-state index is 14.1. The van der Waals surface area contributed by atoms with Gasteiger partial charge >= 0.3 is 5.97 Å². The van der Waals surface area contributed by atoms with Crippen LogP contribution in [-0.2, 0) is 46.4 Å². The average Bonchev–Trinajstić information content (AvgIpc) is 3.57. The van der Waals surface area contributed by atoms with Gasteiger partial charge < -0.3 is 34.3 Å². The molecule has 5 rings (SSSR count). The number of phenolic OH excluding ortho intramolecular Hbond substituents is 1. The molecule has 10 heteroatoms. The zero-order valence-electron chi connectivity index (χ0n) is 24.7. The van der Waals surface area contributed by atoms with Crippen LogP contribution in [0.3, 0.4) is 0 Å². The van der Waals surface area contributed by atoms with E-state index >= 15 is 0 Å². The molecular weight excluding hydrogens is 552 g/mol. The van der Waals surface area contributed by atoms with Gasteiger partial charge in [0.2, 0.25) is 11.8 Å². The largest absolute Gasteiger partial charge is 0.508 e. The highest BCUT2D eigenvalue weighted by atomic mass is 16.7. The number of rotatable bonds is 12. The average molecular weight is 595 g/mol. The van der Waals surface area contributed by atoms with Crippen LogP contribution in [0.1, 0.15) is 56.1 Å². The Morgan fingerprint density at radius 3 is 2.53 bits per heavy atom. The van der Waals surface area contributed by atoms with Gasteiger partial charge in [-0.25, -0.2) is 4.79 Å². The van der Waals surface area contributed by atoms with Gasteiger partial charge in [-0.05, 0) is 48.4 Å². The predicted molar refractivity (Wildman–Crippen MR) is 157 cm³/mol. The highest BCUT2D eigenvalue weighted by Crippen LogP contribution is 2.36. The number of carbonyl (C=O) groups excluding carboxylic acids is 3. The van der Waals surface area contributed by atoms with Gasteiger partial charge in [-0.15, -0.1) is 0 Å². The van der Waals surface area contributed by atoms with E-state index in [-0.39, 0.29) is 36.4 Å². The molecule has 2 aliphatic heterocycles. The topological polar surface area (TPSA) is 124 Å². The molecule has 2 aromatic carbocycles. The summed E-state index contributed by atoms with van der Waals surface area (Å²) in [6.45, 7) is 1.26. The van der Waals surface area contributed by atoms with E-state index < -0.39 is 36.6 Å². The summed E-state index contributed by atoms with van der Waals surface area (Å²) in [5.41, 5.74) is 1.76. The molecule has 2 amide bonds. The second-order valence-corrected chi connectivity index (χ2v) is 11.6. The van der Waals surface area contributed by atoms with Crippen LogP contribution in [0.25, 0.3) is 0 Å². The first-order chi connectivity index (χ1) is 20.9. The molecule has 43 heavy (non-hydrogen) atoms. The number of fused-ring (bicyclic) bond motifs is 1. The van der Waals surface area contributed by atoms with Crippen molar-refractivity contribution < 1.29 is 38.4 Å². The normalized spacial score (nSPS) is 24.3. The van der Waals surface area contributed by atoms with E-state index in [0.717, 1.165) is 44.1 Å². The van der Waals surface area contributed by atoms with E-state index in [1.165, 1.54) is 18.1 Å². The molecule has 232 valence electrons. The van der Waals surface area contributed by atoms with Crippen molar-refractivity contribution in [3.8, 4) is 5.75 Å². The van der Waals surface area contributed by atoms with Crippen molar-refractivity contribution >= 4 is 17.8 Å². The summed E-state index contributed by atoms with van der Waals surface area (Å²) < 4.78 is 23.2. The summed E-state index contributed by atoms with van der Waals surface area (Å²) in [5.74, 6) is -1.17. The van der Waals surface area contributed by atoms with E-state index in [0.29, 0.717) is 25.2 Å². The number of hydrogen-bond acceptors (Lipinski definition) is 8. The van der Waals surface area contributed by atoms with E-state index in [1.807, 2.05) is 30.3 Å². The minimum absolute atomic E-state index is 0.0273. The molecule has 1 aliphatic carbocycles. The lowest BCUT2D eigenvalue weighted by molar-refractivity contribution is -0.160. The Hall–Kier alpha value is -3.47. The van der Waals surface area contributed by atoms with Crippen LogP contribution in [0, 0.1) is 5.92 Å². The lowest BCUT2D eigenvalue weighted by Crippen LogP contribution is -2.56. The third-order valence-corrected chi connectivity index (χ3v) is 8.57. The Labute approximate surface area is 252 Å². The molecule has 0 radical (unpaired) electrons. The lowest BCUT2D eigenvalue weighted by Gasteiger charge is -2.35. The highest BCUT2D eigenvalue weighted by molar-refractivity contribution is 5.92. The van der Waals surface area contributed by atoms with E-state index in [2.05, 4.69) is 5.32 Å². The summed E-state index contributed by atoms with van der Waals surface area (Å²) in [6, 6.07) is 14.7. The van der Waals surface area contributed by atoms with Crippen LogP contribution in [0.4, 0.5) is 0 Å². The van der Waals surface area contributed by atoms with E-state index in [4.69, 9.17) is 18.9 Å². The predicted octanol–water partition coefficient (Wildman–Crippen LogP) is 3.49. The number of nitrogens with zero attached hydrogens (tertiary/aromatic N) is 1. The number of hydrogen-bond donors (Lipinski definition) is 2. The second kappa shape index (κ2) is 14.8. The fraction of sp³-hybridized carbons (Fsp3) is 0.545. The molecule has 1 unspecified atom stereocenters. The van der Waals surface area contributed by atoms with Crippen LogP contribution in [-0.4, -0.2) is 78.6 Å². The van der Waals surface area contributed by atoms with Gasteiger partial charge in [0, 0.05) is 13.0 Å². The first-order valence-corrected chi connectivity index (χ1v) is 15.3. The molecular formula is C33H42N2O8. The quantitative estimate of drug-likeness (QED) is 0.283. The van der Waals surface area contributed by atoms with Gasteiger partial charge in [0.15, 0.2) is 12.3 Å². The SMILES string of the molecule is COC(=O)[C@@H]1[C@H]2OC(CCCOCc3ccccc3)O[C@H]2CN1C(=O)[C@@H](NC(=O)Cc1cccc(O)c1)C1CCCCC1. The Morgan fingerprint density at radius 2 is 1.79 bits per heavy atom. The van der Waals surface area contributed by atoms with Gasteiger partial charge in [0.05, 0.1) is 26.7 Å². The molecule has 2 heterocycles. The van der Waals surface area contributed by atoms with Crippen LogP contribution in [0.15, 0.2) is 54.6 Å². The van der Waals surface area contributed by atoms with Crippen molar-refractivity contribution in [3.05, 3.63) is 65.7 Å². The molecule has 10 nitrogen and oxygen atoms in total. The number of benzene rings is 2. The Bertz CT molecular complexity index is 1230. The van der Waals surface area contributed by atoms with Crippen molar-refractivity contribution in [2.45, 2.75) is 88.6 Å². The van der Waals surface area contributed by atoms with Gasteiger partial charge in [0.1, 0.15) is 24.0 Å². The lowest BCUT2D eigenvalue weighted by atomic mass is 9.83. The summed E-state index contributed by atoms with van der Waals surface area (Å²) in [4.78, 5) is 41.8. The summed E-state index contributed by atoms with van der Waals surface area (Å²) in [6.07, 6.45) is 4.39. The monoisotopic (exact) mass is 594 g/mol. The van der Waals surface area contributed by atoms with Gasteiger partial charge in [-0.3, -0.25) is 9.59 Å². The minimum atomic E-state index is -0.962. The second-order valence-electron chi connectivity index (χ2n) is 11.6. The summed E-state index contributed by atoms with van der Waals surface area (Å²) >= 11 is 0. The van der Waals surface area contributed by atoms with E-state index in [1.54, 1.807) is 18.2 Å². The minimum Gasteiger partial charge on any atom is -0.508 e. The van der Waals surface area contributed by atoms with Crippen molar-refractivity contribution in [3.63, 3.8) is 0 Å². The molecule has 0 aromatic heterocycles. The van der Waals surface area contributed by atoms with Crippen LogP contribution in [0.5, 0.6) is 5.75 Å². The Kier molecular flexibility index (Phi) is 10.7. The molecule has 3 aliphatic rings. The number of methoxy groups -OCH3 is 1. The number of ether oxygens (including phenoxy) is 4. The fourth-order valence-corrected chi connectivity index (χ4v) is 6.44.